The maximum atomic E-state index is 15.5. The molecule has 3 fully saturated rings. The molecular weight excluding hydrogens is 639 g/mol. The summed E-state index contributed by atoms with van der Waals surface area (Å²) in [5, 5.41) is 3.67. The minimum absolute atomic E-state index is 0.0152. The van der Waals surface area contributed by atoms with E-state index in [-0.39, 0.29) is 64.8 Å². The Morgan fingerprint density at radius 2 is 1.79 bits per heavy atom. The number of hydrogen-bond donors (Lipinski definition) is 1. The number of fused-ring (bicyclic) bond motifs is 1. The second kappa shape index (κ2) is 14.9. The molecule has 1 aromatic heterocycles. The number of para-hydroxylation sites is 1. The predicted octanol–water partition coefficient (Wildman–Crippen LogP) is 5.20. The lowest BCUT2D eigenvalue weighted by molar-refractivity contribution is -0.150. The normalized spacial score (nSPS) is 23.3. The van der Waals surface area contributed by atoms with E-state index in [0.717, 1.165) is 56.1 Å². The highest BCUT2D eigenvalue weighted by Crippen LogP contribution is 2.32. The van der Waals surface area contributed by atoms with Crippen molar-refractivity contribution >= 4 is 46.0 Å². The van der Waals surface area contributed by atoms with Crippen molar-refractivity contribution in [2.24, 2.45) is 13.0 Å². The number of carbonyl (C=O) groups excluding carboxylic acids is 3. The number of ether oxygens (including phenoxy) is 3. The van der Waals surface area contributed by atoms with E-state index in [1.54, 1.807) is 13.3 Å². The molecule has 12 heteroatoms. The van der Waals surface area contributed by atoms with Crippen LogP contribution >= 0.6 is 11.6 Å². The third-order valence-electron chi connectivity index (χ3n) is 10.1. The molecule has 0 spiro atoms. The number of esters is 1. The van der Waals surface area contributed by atoms with Gasteiger partial charge in [0.15, 0.2) is 0 Å². The molecule has 258 valence electrons. The van der Waals surface area contributed by atoms with E-state index >= 15 is 4.39 Å². The first-order chi connectivity index (χ1) is 23.1. The van der Waals surface area contributed by atoms with Crippen molar-refractivity contribution in [3.05, 3.63) is 64.6 Å². The van der Waals surface area contributed by atoms with Crippen LogP contribution < -0.4 is 5.32 Å². The van der Waals surface area contributed by atoms with Gasteiger partial charge in [-0.05, 0) is 62.8 Å². The number of anilines is 1. The fraction of sp³-hybridized carbons (Fsp3) is 0.528. The van der Waals surface area contributed by atoms with E-state index < -0.39 is 11.7 Å². The Morgan fingerprint density at radius 3 is 2.52 bits per heavy atom. The maximum absolute atomic E-state index is 15.5. The minimum atomic E-state index is -0.617. The van der Waals surface area contributed by atoms with Gasteiger partial charge in [0.25, 0.3) is 5.91 Å². The van der Waals surface area contributed by atoms with E-state index in [1.807, 2.05) is 47.7 Å². The fourth-order valence-electron chi connectivity index (χ4n) is 7.31. The number of methoxy groups -OCH3 is 1. The van der Waals surface area contributed by atoms with Crippen molar-refractivity contribution in [2.45, 2.75) is 69.7 Å². The molecule has 10 nitrogen and oxygen atoms in total. The summed E-state index contributed by atoms with van der Waals surface area (Å²) in [6.07, 6.45) is 5.50. The Bertz CT molecular complexity index is 1650. The summed E-state index contributed by atoms with van der Waals surface area (Å²) >= 11 is 6.55. The fourth-order valence-corrected chi connectivity index (χ4v) is 7.54. The third kappa shape index (κ3) is 7.39. The van der Waals surface area contributed by atoms with Gasteiger partial charge < -0.3 is 29.0 Å². The number of carbonyl (C=O) groups is 3. The second-order valence-electron chi connectivity index (χ2n) is 13.2. The van der Waals surface area contributed by atoms with Crippen LogP contribution in [0, 0.1) is 11.7 Å². The van der Waals surface area contributed by atoms with Crippen LogP contribution in [0.2, 0.25) is 5.02 Å². The number of rotatable bonds is 11. The zero-order chi connectivity index (χ0) is 33.9. The standard InChI is InChI=1S/C36H44ClFN4O6/c1-4-47-36(45)22-9-11-26(12-10-22)48-21-25-15-24(41-18-27(19-41)46-3)17-42(25)34(43)14-23-13-30(37)32(16-31(23)38)39-35(44)29-20-40(2)33-8-6-5-7-28(29)33/h5-8,13,16,20,22,24-27H,4,9-12,14-15,17-19,21H2,1-3H3,(H,39,44)/t22?,24-,25?,26?/m0/s1. The van der Waals surface area contributed by atoms with Gasteiger partial charge in [-0.2, -0.15) is 0 Å². The van der Waals surface area contributed by atoms with Gasteiger partial charge in [-0.25, -0.2) is 4.39 Å². The van der Waals surface area contributed by atoms with Crippen LogP contribution in [-0.4, -0.2) is 96.4 Å². The summed E-state index contributed by atoms with van der Waals surface area (Å²) in [5.41, 5.74) is 1.65. The molecule has 2 aromatic carbocycles. The molecule has 2 aliphatic heterocycles. The first-order valence-electron chi connectivity index (χ1n) is 16.8. The molecule has 0 bridgehead atoms. The SMILES string of the molecule is CCOC(=O)C1CCC(OCC2C[C@H](N3CC(OC)C3)CN2C(=O)Cc2cc(Cl)c(NC(=O)c3cn(C)c4ccccc34)cc2F)CC1. The van der Waals surface area contributed by atoms with Crippen molar-refractivity contribution in [1.29, 1.82) is 0 Å². The number of likely N-dealkylation sites (tertiary alicyclic amines) is 2. The average molecular weight is 683 g/mol. The van der Waals surface area contributed by atoms with Gasteiger partial charge >= 0.3 is 5.97 Å². The Kier molecular flexibility index (Phi) is 10.7. The summed E-state index contributed by atoms with van der Waals surface area (Å²) in [6, 6.07) is 10.1. The van der Waals surface area contributed by atoms with Gasteiger partial charge in [0, 0.05) is 56.9 Å². The van der Waals surface area contributed by atoms with Crippen LogP contribution in [-0.2, 0) is 37.3 Å². The van der Waals surface area contributed by atoms with E-state index in [4.69, 9.17) is 25.8 Å². The molecule has 1 unspecified atom stereocenters. The van der Waals surface area contributed by atoms with Gasteiger partial charge in [0.1, 0.15) is 5.82 Å². The largest absolute Gasteiger partial charge is 0.466 e. The van der Waals surface area contributed by atoms with Crippen molar-refractivity contribution in [3.8, 4) is 0 Å². The number of hydrogen-bond acceptors (Lipinski definition) is 7. The van der Waals surface area contributed by atoms with Gasteiger partial charge in [-0.1, -0.05) is 29.8 Å². The highest BCUT2D eigenvalue weighted by atomic mass is 35.5. The number of amides is 2. The first kappa shape index (κ1) is 34.4. The number of aromatic nitrogens is 1. The molecular formula is C36H44ClFN4O6. The summed E-state index contributed by atoms with van der Waals surface area (Å²) < 4.78 is 34.4. The van der Waals surface area contributed by atoms with Crippen molar-refractivity contribution < 1.29 is 33.0 Å². The molecule has 3 heterocycles. The summed E-state index contributed by atoms with van der Waals surface area (Å²) in [5.74, 6) is -1.45. The minimum Gasteiger partial charge on any atom is -0.466 e. The molecule has 1 aliphatic carbocycles. The number of benzene rings is 2. The van der Waals surface area contributed by atoms with E-state index in [9.17, 15) is 14.4 Å². The van der Waals surface area contributed by atoms with Crippen LogP contribution in [0.15, 0.2) is 42.6 Å². The van der Waals surface area contributed by atoms with E-state index in [1.165, 1.54) is 12.1 Å². The Balaban J connectivity index is 1.10. The molecule has 2 saturated heterocycles. The molecule has 0 radical (unpaired) electrons. The second-order valence-corrected chi connectivity index (χ2v) is 13.6. The number of nitrogens with one attached hydrogen (secondary N) is 1. The summed E-state index contributed by atoms with van der Waals surface area (Å²) in [6.45, 7) is 4.72. The molecule has 2 amide bonds. The smallest absolute Gasteiger partial charge is 0.308 e. The molecule has 1 saturated carbocycles. The van der Waals surface area contributed by atoms with Crippen LogP contribution in [0.25, 0.3) is 10.9 Å². The Labute approximate surface area is 285 Å². The summed E-state index contributed by atoms with van der Waals surface area (Å²) in [7, 11) is 3.56. The third-order valence-corrected chi connectivity index (χ3v) is 10.4. The zero-order valence-corrected chi connectivity index (χ0v) is 28.5. The van der Waals surface area contributed by atoms with E-state index in [2.05, 4.69) is 10.2 Å². The van der Waals surface area contributed by atoms with Crippen LogP contribution in [0.4, 0.5) is 10.1 Å². The van der Waals surface area contributed by atoms with Gasteiger partial charge in [0.2, 0.25) is 5.91 Å². The first-order valence-corrected chi connectivity index (χ1v) is 17.2. The number of halogens is 2. The lowest BCUT2D eigenvalue weighted by atomic mass is 9.87. The highest BCUT2D eigenvalue weighted by molar-refractivity contribution is 6.34. The predicted molar refractivity (Wildman–Crippen MR) is 181 cm³/mol. The molecule has 2 atom stereocenters. The number of nitrogens with zero attached hydrogens (tertiary/aromatic N) is 3. The van der Waals surface area contributed by atoms with Crippen LogP contribution in [0.3, 0.4) is 0 Å². The van der Waals surface area contributed by atoms with Gasteiger partial charge in [-0.3, -0.25) is 19.3 Å². The lowest BCUT2D eigenvalue weighted by Gasteiger charge is -2.42. The van der Waals surface area contributed by atoms with Crippen molar-refractivity contribution in [3.63, 3.8) is 0 Å². The molecule has 3 aromatic rings. The summed E-state index contributed by atoms with van der Waals surface area (Å²) in [4.78, 5) is 43.3. The molecule has 1 N–H and O–H groups in total. The molecule has 6 rings (SSSR count). The quantitative estimate of drug-likeness (QED) is 0.277. The van der Waals surface area contributed by atoms with Crippen LogP contribution in [0.5, 0.6) is 0 Å². The molecule has 3 aliphatic rings. The average Bonchev–Trinajstić information content (AvgIpc) is 3.63. The topological polar surface area (TPSA) is 102 Å². The van der Waals surface area contributed by atoms with E-state index in [0.29, 0.717) is 25.3 Å². The lowest BCUT2D eigenvalue weighted by Crippen LogP contribution is -2.56. The van der Waals surface area contributed by atoms with Gasteiger partial charge in [-0.15, -0.1) is 0 Å². The maximum Gasteiger partial charge on any atom is 0.308 e. The van der Waals surface area contributed by atoms with Crippen molar-refractivity contribution in [2.75, 3.05) is 45.3 Å². The zero-order valence-electron chi connectivity index (χ0n) is 27.8. The van der Waals surface area contributed by atoms with Gasteiger partial charge in [0.05, 0.1) is 60.1 Å². The van der Waals surface area contributed by atoms with Crippen molar-refractivity contribution in [1.82, 2.24) is 14.4 Å². The number of aryl methyl sites for hydroxylation is 1. The molecule has 48 heavy (non-hydrogen) atoms. The highest BCUT2D eigenvalue weighted by Gasteiger charge is 2.42. The Morgan fingerprint density at radius 1 is 1.04 bits per heavy atom. The Hall–Kier alpha value is -3.51. The van der Waals surface area contributed by atoms with Crippen LogP contribution in [0.1, 0.15) is 54.9 Å². The monoisotopic (exact) mass is 682 g/mol.